The van der Waals surface area contributed by atoms with E-state index in [1.165, 1.54) is 6.33 Å². The lowest BCUT2D eigenvalue weighted by molar-refractivity contribution is 0.211. The van der Waals surface area contributed by atoms with Crippen LogP contribution in [0, 0.1) is 0 Å². The summed E-state index contributed by atoms with van der Waals surface area (Å²) in [6, 6.07) is 20.6. The number of hydrogen-bond donors (Lipinski definition) is 3. The molecule has 0 aliphatic rings. The highest BCUT2D eigenvalue weighted by Gasteiger charge is 2.18. The summed E-state index contributed by atoms with van der Waals surface area (Å²) in [7, 11) is 1.87. The number of amides is 1. The number of nitrogens with zero attached hydrogens (tertiary/aromatic N) is 2. The number of nitrogens with one attached hydrogen (secondary N) is 2. The van der Waals surface area contributed by atoms with Crippen molar-refractivity contribution in [1.29, 1.82) is 0 Å². The van der Waals surface area contributed by atoms with E-state index in [1.807, 2.05) is 67.7 Å². The third-order valence-corrected chi connectivity index (χ3v) is 5.34. The first-order chi connectivity index (χ1) is 16.5. The smallest absolute Gasteiger partial charge is 0.410 e. The summed E-state index contributed by atoms with van der Waals surface area (Å²) in [6.45, 7) is 0.949. The van der Waals surface area contributed by atoms with Gasteiger partial charge in [-0.1, -0.05) is 54.1 Å². The van der Waals surface area contributed by atoms with Crippen molar-refractivity contribution >= 4 is 34.4 Å². The van der Waals surface area contributed by atoms with E-state index in [0.717, 1.165) is 11.1 Å². The third kappa shape index (κ3) is 5.72. The first-order valence-corrected chi connectivity index (χ1v) is 11.0. The van der Waals surface area contributed by atoms with Gasteiger partial charge in [0.25, 0.3) is 0 Å². The number of fused-ring (bicyclic) bond motifs is 1. The fourth-order valence-electron chi connectivity index (χ4n) is 3.58. The van der Waals surface area contributed by atoms with Crippen LogP contribution in [0.3, 0.4) is 0 Å². The van der Waals surface area contributed by atoms with E-state index in [4.69, 9.17) is 26.8 Å². The summed E-state index contributed by atoms with van der Waals surface area (Å²) in [5, 5.41) is 7.89. The van der Waals surface area contributed by atoms with Gasteiger partial charge in [0.05, 0.1) is 11.4 Å². The Bertz CT molecular complexity index is 1290. The molecule has 1 atom stereocenters. The Hall–Kier alpha value is -3.88. The Labute approximate surface area is 202 Å². The number of nitrogens with two attached hydrogens (primary N) is 1. The second-order valence-electron chi connectivity index (χ2n) is 7.54. The summed E-state index contributed by atoms with van der Waals surface area (Å²) in [6.07, 6.45) is 0.457. The van der Waals surface area contributed by atoms with E-state index in [1.54, 1.807) is 6.07 Å². The number of ether oxygens (including phenoxy) is 2. The molecule has 0 saturated heterocycles. The lowest BCUT2D eigenvalue weighted by Gasteiger charge is -2.21. The van der Waals surface area contributed by atoms with Crippen LogP contribution >= 0.6 is 11.6 Å². The Kier molecular flexibility index (Phi) is 7.41. The molecule has 0 aliphatic heterocycles. The fraction of sp³-hybridized carbons (Fsp3) is 0.160. The van der Waals surface area contributed by atoms with Gasteiger partial charge in [-0.2, -0.15) is 0 Å². The largest absolute Gasteiger partial charge is 0.489 e. The number of halogens is 1. The standard InChI is InChI=1S/C25H24ClN5O3/c1-28-13-21(17-8-5-9-18(26)10-17)31-24-20-11-19(33-14-16-6-3-2-4-7-16)12-22(34-25(27)32)23(20)29-15-30-24/h2-12,15,21,28H,13-14H2,1H3,(H2,27,32)(H,29,30,31). The normalized spacial score (nSPS) is 11.7. The number of hydrogen-bond acceptors (Lipinski definition) is 7. The zero-order valence-corrected chi connectivity index (χ0v) is 19.3. The number of carbonyl (C=O) groups is 1. The molecule has 1 unspecified atom stereocenters. The van der Waals surface area contributed by atoms with Crippen LogP contribution in [-0.4, -0.2) is 29.7 Å². The van der Waals surface area contributed by atoms with Gasteiger partial charge in [-0.05, 0) is 36.4 Å². The molecule has 1 heterocycles. The van der Waals surface area contributed by atoms with E-state index < -0.39 is 6.09 Å². The lowest BCUT2D eigenvalue weighted by atomic mass is 10.1. The van der Waals surface area contributed by atoms with Crippen LogP contribution in [0.15, 0.2) is 73.1 Å². The Morgan fingerprint density at radius 1 is 1.09 bits per heavy atom. The number of carbonyl (C=O) groups excluding carboxylic acids is 1. The average Bonchev–Trinajstić information content (AvgIpc) is 2.83. The maximum atomic E-state index is 11.5. The van der Waals surface area contributed by atoms with Crippen molar-refractivity contribution in [2.75, 3.05) is 18.9 Å². The van der Waals surface area contributed by atoms with Gasteiger partial charge < -0.3 is 25.8 Å². The molecule has 4 aromatic rings. The van der Waals surface area contributed by atoms with Crippen LogP contribution < -0.4 is 25.8 Å². The van der Waals surface area contributed by atoms with E-state index in [2.05, 4.69) is 20.6 Å². The van der Waals surface area contributed by atoms with Crippen molar-refractivity contribution in [3.63, 3.8) is 0 Å². The summed E-state index contributed by atoms with van der Waals surface area (Å²) >= 11 is 6.21. The van der Waals surface area contributed by atoms with Crippen LogP contribution in [-0.2, 0) is 6.61 Å². The highest BCUT2D eigenvalue weighted by atomic mass is 35.5. The molecule has 1 amide bonds. The van der Waals surface area contributed by atoms with Crippen LogP contribution in [0.1, 0.15) is 17.2 Å². The molecule has 0 bridgehead atoms. The molecule has 4 rings (SSSR count). The van der Waals surface area contributed by atoms with Gasteiger partial charge in [0.1, 0.15) is 30.0 Å². The van der Waals surface area contributed by atoms with Crippen LogP contribution in [0.5, 0.6) is 11.5 Å². The zero-order valence-electron chi connectivity index (χ0n) is 18.5. The van der Waals surface area contributed by atoms with Gasteiger partial charge in [0, 0.05) is 17.6 Å². The molecule has 0 radical (unpaired) electrons. The number of likely N-dealkylation sites (N-methyl/N-ethyl adjacent to an activating group) is 1. The van der Waals surface area contributed by atoms with Gasteiger partial charge >= 0.3 is 6.09 Å². The summed E-state index contributed by atoms with van der Waals surface area (Å²) < 4.78 is 11.2. The predicted molar refractivity (Wildman–Crippen MR) is 132 cm³/mol. The first-order valence-electron chi connectivity index (χ1n) is 10.6. The highest BCUT2D eigenvalue weighted by molar-refractivity contribution is 6.30. The van der Waals surface area contributed by atoms with E-state index in [0.29, 0.717) is 40.6 Å². The molecule has 34 heavy (non-hydrogen) atoms. The third-order valence-electron chi connectivity index (χ3n) is 5.11. The molecule has 1 aromatic heterocycles. The van der Waals surface area contributed by atoms with Gasteiger partial charge in [-0.3, -0.25) is 0 Å². The number of aromatic nitrogens is 2. The molecule has 0 fully saturated rings. The average molecular weight is 478 g/mol. The molecule has 8 nitrogen and oxygen atoms in total. The lowest BCUT2D eigenvalue weighted by Crippen LogP contribution is -2.24. The number of rotatable bonds is 9. The van der Waals surface area contributed by atoms with E-state index >= 15 is 0 Å². The molecule has 9 heteroatoms. The predicted octanol–water partition coefficient (Wildman–Crippen LogP) is 4.69. The van der Waals surface area contributed by atoms with Crippen molar-refractivity contribution in [3.8, 4) is 11.5 Å². The van der Waals surface area contributed by atoms with Crippen LogP contribution in [0.25, 0.3) is 10.9 Å². The quantitative estimate of drug-likeness (QED) is 0.320. The van der Waals surface area contributed by atoms with Crippen molar-refractivity contribution in [1.82, 2.24) is 15.3 Å². The van der Waals surface area contributed by atoms with Gasteiger partial charge in [0.2, 0.25) is 0 Å². The number of anilines is 1. The van der Waals surface area contributed by atoms with Crippen molar-refractivity contribution in [2.24, 2.45) is 5.73 Å². The second kappa shape index (κ2) is 10.8. The first kappa shape index (κ1) is 23.3. The van der Waals surface area contributed by atoms with Crippen molar-refractivity contribution in [3.05, 3.63) is 89.2 Å². The van der Waals surface area contributed by atoms with Gasteiger partial charge in [-0.15, -0.1) is 0 Å². The van der Waals surface area contributed by atoms with Gasteiger partial charge in [-0.25, -0.2) is 14.8 Å². The summed E-state index contributed by atoms with van der Waals surface area (Å²) in [4.78, 5) is 20.3. The minimum atomic E-state index is -0.943. The molecule has 0 spiro atoms. The summed E-state index contributed by atoms with van der Waals surface area (Å²) in [5.41, 5.74) is 7.71. The molecule has 3 aromatic carbocycles. The van der Waals surface area contributed by atoms with Gasteiger partial charge in [0.15, 0.2) is 5.75 Å². The Balaban J connectivity index is 1.72. The van der Waals surface area contributed by atoms with E-state index in [-0.39, 0.29) is 11.8 Å². The molecular formula is C25H24ClN5O3. The maximum Gasteiger partial charge on any atom is 0.410 e. The van der Waals surface area contributed by atoms with Crippen LogP contribution in [0.4, 0.5) is 10.6 Å². The number of benzene rings is 3. The maximum absolute atomic E-state index is 11.5. The Morgan fingerprint density at radius 3 is 2.65 bits per heavy atom. The number of primary amides is 1. The molecule has 174 valence electrons. The Morgan fingerprint density at radius 2 is 1.91 bits per heavy atom. The SMILES string of the molecule is CNCC(Nc1ncnc2c(OC(N)=O)cc(OCc3ccccc3)cc12)c1cccc(Cl)c1. The van der Waals surface area contributed by atoms with Crippen molar-refractivity contribution < 1.29 is 14.3 Å². The van der Waals surface area contributed by atoms with Crippen LogP contribution in [0.2, 0.25) is 5.02 Å². The monoisotopic (exact) mass is 477 g/mol. The molecule has 0 saturated carbocycles. The molecular weight excluding hydrogens is 454 g/mol. The zero-order chi connectivity index (χ0) is 23.9. The topological polar surface area (TPSA) is 111 Å². The minimum absolute atomic E-state index is 0.142. The van der Waals surface area contributed by atoms with Crippen molar-refractivity contribution in [2.45, 2.75) is 12.6 Å². The molecule has 0 aliphatic carbocycles. The highest BCUT2D eigenvalue weighted by Crippen LogP contribution is 2.34. The second-order valence-corrected chi connectivity index (χ2v) is 7.98. The summed E-state index contributed by atoms with van der Waals surface area (Å²) in [5.74, 6) is 1.22. The van der Waals surface area contributed by atoms with E-state index in [9.17, 15) is 4.79 Å². The molecule has 4 N–H and O–H groups in total. The fourth-order valence-corrected chi connectivity index (χ4v) is 3.78. The minimum Gasteiger partial charge on any atom is -0.489 e.